The Kier molecular flexibility index (Phi) is 7.16. The largest absolute Gasteiger partial charge is 0.341 e. The molecule has 1 atom stereocenters. The quantitative estimate of drug-likeness (QED) is 0.440. The molecule has 35 heavy (non-hydrogen) atoms. The van der Waals surface area contributed by atoms with Crippen molar-refractivity contribution in [2.75, 3.05) is 24.3 Å². The van der Waals surface area contributed by atoms with E-state index in [1.54, 1.807) is 11.9 Å². The van der Waals surface area contributed by atoms with E-state index in [4.69, 9.17) is 0 Å². The summed E-state index contributed by atoms with van der Waals surface area (Å²) in [5.41, 5.74) is 1.22. The van der Waals surface area contributed by atoms with E-state index in [0.29, 0.717) is 18.9 Å². The summed E-state index contributed by atoms with van der Waals surface area (Å²) >= 11 is 1.42. The molecule has 1 aliphatic carbocycles. The van der Waals surface area contributed by atoms with Crippen molar-refractivity contribution < 1.29 is 13.2 Å². The van der Waals surface area contributed by atoms with Crippen LogP contribution in [0.5, 0.6) is 0 Å². The summed E-state index contributed by atoms with van der Waals surface area (Å²) in [6, 6.07) is 14.9. The molecule has 9 heteroatoms. The first-order valence-electron chi connectivity index (χ1n) is 12.4. The SMILES string of the molecule is CN(C(=O)CSc1nnc(Cc2cccc3ccccc23)n1C1CCCCC1)C1CCS(=O)(=O)C1. The van der Waals surface area contributed by atoms with E-state index >= 15 is 0 Å². The van der Waals surface area contributed by atoms with Gasteiger partial charge in [-0.3, -0.25) is 4.79 Å². The highest BCUT2D eigenvalue weighted by molar-refractivity contribution is 7.99. The summed E-state index contributed by atoms with van der Waals surface area (Å²) in [4.78, 5) is 14.5. The number of hydrogen-bond donors (Lipinski definition) is 0. The summed E-state index contributed by atoms with van der Waals surface area (Å²) < 4.78 is 26.0. The predicted octanol–water partition coefficient (Wildman–Crippen LogP) is 4.26. The normalized spacial score (nSPS) is 20.3. The summed E-state index contributed by atoms with van der Waals surface area (Å²) in [6.07, 6.45) is 7.05. The van der Waals surface area contributed by atoms with E-state index in [0.717, 1.165) is 23.8 Å². The fourth-order valence-corrected chi connectivity index (χ4v) is 8.08. The zero-order valence-electron chi connectivity index (χ0n) is 20.1. The average Bonchev–Trinajstić information content (AvgIpc) is 3.45. The topological polar surface area (TPSA) is 85.2 Å². The van der Waals surface area contributed by atoms with Crippen LogP contribution in [0.4, 0.5) is 0 Å². The van der Waals surface area contributed by atoms with Gasteiger partial charge >= 0.3 is 0 Å². The number of thioether (sulfide) groups is 1. The van der Waals surface area contributed by atoms with Crippen molar-refractivity contribution in [3.05, 3.63) is 53.9 Å². The maximum atomic E-state index is 12.9. The molecule has 2 aromatic carbocycles. The predicted molar refractivity (Wildman–Crippen MR) is 139 cm³/mol. The minimum atomic E-state index is -3.03. The van der Waals surface area contributed by atoms with Crippen LogP contribution < -0.4 is 0 Å². The van der Waals surface area contributed by atoms with Gasteiger partial charge in [0, 0.05) is 25.6 Å². The van der Waals surface area contributed by atoms with Crippen LogP contribution in [0.15, 0.2) is 47.6 Å². The fourth-order valence-electron chi connectivity index (χ4n) is 5.36. The Morgan fingerprint density at radius 1 is 1.06 bits per heavy atom. The Hall–Kier alpha value is -2.39. The van der Waals surface area contributed by atoms with Crippen LogP contribution in [0.1, 0.15) is 56.0 Å². The number of nitrogens with zero attached hydrogens (tertiary/aromatic N) is 4. The van der Waals surface area contributed by atoms with Gasteiger partial charge in [0.1, 0.15) is 5.82 Å². The van der Waals surface area contributed by atoms with Crippen molar-refractivity contribution in [3.63, 3.8) is 0 Å². The van der Waals surface area contributed by atoms with Gasteiger partial charge in [-0.2, -0.15) is 0 Å². The van der Waals surface area contributed by atoms with Gasteiger partial charge in [-0.05, 0) is 35.6 Å². The second kappa shape index (κ2) is 10.3. The molecule has 5 rings (SSSR count). The molecule has 0 bridgehead atoms. The van der Waals surface area contributed by atoms with E-state index in [1.807, 2.05) is 0 Å². The zero-order valence-corrected chi connectivity index (χ0v) is 21.7. The van der Waals surface area contributed by atoms with Crippen LogP contribution in [-0.4, -0.2) is 64.3 Å². The Morgan fingerprint density at radius 2 is 1.83 bits per heavy atom. The van der Waals surface area contributed by atoms with Gasteiger partial charge in [-0.1, -0.05) is 73.5 Å². The van der Waals surface area contributed by atoms with Crippen LogP contribution in [0.25, 0.3) is 10.8 Å². The van der Waals surface area contributed by atoms with Gasteiger partial charge in [0.05, 0.1) is 17.3 Å². The Labute approximate surface area is 211 Å². The van der Waals surface area contributed by atoms with Crippen molar-refractivity contribution in [2.24, 2.45) is 0 Å². The molecule has 0 spiro atoms. The number of fused-ring (bicyclic) bond motifs is 1. The lowest BCUT2D eigenvalue weighted by Gasteiger charge is -2.26. The van der Waals surface area contributed by atoms with E-state index in [-0.39, 0.29) is 29.2 Å². The van der Waals surface area contributed by atoms with Crippen molar-refractivity contribution in [3.8, 4) is 0 Å². The minimum Gasteiger partial charge on any atom is -0.341 e. The molecule has 0 N–H and O–H groups in total. The molecule has 0 radical (unpaired) electrons. The molecular formula is C26H32N4O3S2. The molecule has 1 aromatic heterocycles. The van der Waals surface area contributed by atoms with Gasteiger partial charge in [0.15, 0.2) is 15.0 Å². The third-order valence-electron chi connectivity index (χ3n) is 7.38. The van der Waals surface area contributed by atoms with E-state index in [2.05, 4.69) is 57.2 Å². The molecule has 2 fully saturated rings. The third kappa shape index (κ3) is 5.40. The number of hydrogen-bond acceptors (Lipinski definition) is 6. The molecule has 1 unspecified atom stereocenters. The summed E-state index contributed by atoms with van der Waals surface area (Å²) in [5, 5.41) is 12.4. The molecule has 1 saturated carbocycles. The molecular weight excluding hydrogens is 480 g/mol. The van der Waals surface area contributed by atoms with Crippen molar-refractivity contribution in [1.29, 1.82) is 0 Å². The first-order valence-corrected chi connectivity index (χ1v) is 15.2. The molecule has 2 aliphatic rings. The first-order chi connectivity index (χ1) is 16.9. The standard InChI is InChI=1S/C26H32N4O3S2/c1-29(22-14-15-35(32,33)18-22)25(31)17-34-26-28-27-24(30(26)21-11-3-2-4-12-21)16-20-10-7-9-19-8-5-6-13-23(19)20/h5-10,13,21-22H,2-4,11-12,14-18H2,1H3. The number of aromatic nitrogens is 3. The van der Waals surface area contributed by atoms with Gasteiger partial charge < -0.3 is 9.47 Å². The highest BCUT2D eigenvalue weighted by Gasteiger charge is 2.33. The van der Waals surface area contributed by atoms with Gasteiger partial charge in [-0.15, -0.1) is 10.2 Å². The van der Waals surface area contributed by atoms with Crippen LogP contribution in [0.3, 0.4) is 0 Å². The molecule has 1 amide bonds. The lowest BCUT2D eigenvalue weighted by Crippen LogP contribution is -2.38. The lowest BCUT2D eigenvalue weighted by molar-refractivity contribution is -0.128. The Morgan fingerprint density at radius 3 is 2.60 bits per heavy atom. The Bertz CT molecular complexity index is 1310. The smallest absolute Gasteiger partial charge is 0.233 e. The van der Waals surface area contributed by atoms with Crippen molar-refractivity contribution >= 4 is 38.3 Å². The third-order valence-corrected chi connectivity index (χ3v) is 10.1. The van der Waals surface area contributed by atoms with Gasteiger partial charge in [0.25, 0.3) is 0 Å². The number of sulfone groups is 1. The van der Waals surface area contributed by atoms with Gasteiger partial charge in [0.2, 0.25) is 5.91 Å². The highest BCUT2D eigenvalue weighted by Crippen LogP contribution is 2.34. The number of carbonyl (C=O) groups excluding carboxylic acids is 1. The number of benzene rings is 2. The second-order valence-electron chi connectivity index (χ2n) is 9.73. The molecule has 3 aromatic rings. The van der Waals surface area contributed by atoms with E-state index < -0.39 is 9.84 Å². The molecule has 7 nitrogen and oxygen atoms in total. The second-order valence-corrected chi connectivity index (χ2v) is 12.9. The number of amides is 1. The number of carbonyl (C=O) groups is 1. The maximum Gasteiger partial charge on any atom is 0.233 e. The zero-order chi connectivity index (χ0) is 24.4. The molecule has 186 valence electrons. The summed E-state index contributed by atoms with van der Waals surface area (Å²) in [7, 11) is -1.32. The highest BCUT2D eigenvalue weighted by atomic mass is 32.2. The van der Waals surface area contributed by atoms with Crippen LogP contribution in [-0.2, 0) is 21.1 Å². The maximum absolute atomic E-state index is 12.9. The minimum absolute atomic E-state index is 0.0628. The summed E-state index contributed by atoms with van der Waals surface area (Å²) in [6.45, 7) is 0. The summed E-state index contributed by atoms with van der Waals surface area (Å²) in [5.74, 6) is 1.33. The molecule has 1 saturated heterocycles. The average molecular weight is 513 g/mol. The van der Waals surface area contributed by atoms with Crippen molar-refractivity contribution in [2.45, 2.75) is 62.2 Å². The fraction of sp³-hybridized carbons (Fsp3) is 0.500. The van der Waals surface area contributed by atoms with Crippen molar-refractivity contribution in [1.82, 2.24) is 19.7 Å². The van der Waals surface area contributed by atoms with Gasteiger partial charge in [-0.25, -0.2) is 8.42 Å². The Balaban J connectivity index is 1.36. The molecule has 2 heterocycles. The molecule has 1 aliphatic heterocycles. The number of rotatable bonds is 7. The first kappa shape index (κ1) is 24.3. The monoisotopic (exact) mass is 512 g/mol. The van der Waals surface area contributed by atoms with Crippen LogP contribution in [0.2, 0.25) is 0 Å². The van der Waals surface area contributed by atoms with E-state index in [9.17, 15) is 13.2 Å². The van der Waals surface area contributed by atoms with Crippen LogP contribution >= 0.6 is 11.8 Å². The van der Waals surface area contributed by atoms with Crippen LogP contribution in [0, 0.1) is 0 Å². The van der Waals surface area contributed by atoms with E-state index in [1.165, 1.54) is 47.4 Å². The lowest BCUT2D eigenvalue weighted by atomic mass is 9.95.